The Labute approximate surface area is 140 Å². The van der Waals surface area contributed by atoms with Crippen LogP contribution >= 0.6 is 12.2 Å². The topological polar surface area (TPSA) is 27.3 Å². The van der Waals surface area contributed by atoms with Crippen LogP contribution in [0.3, 0.4) is 0 Å². The molecule has 1 heterocycles. The summed E-state index contributed by atoms with van der Waals surface area (Å²) < 4.78 is 0. The Bertz CT molecular complexity index is 449. The second-order valence-electron chi connectivity index (χ2n) is 6.30. The van der Waals surface area contributed by atoms with E-state index < -0.39 is 0 Å². The number of piperidine rings is 1. The molecule has 0 unspecified atom stereocenters. The summed E-state index contributed by atoms with van der Waals surface area (Å²) in [5, 5.41) is 7.44. The van der Waals surface area contributed by atoms with Crippen molar-refractivity contribution >= 4 is 17.3 Å². The maximum atomic E-state index is 5.38. The smallest absolute Gasteiger partial charge is 0.166 e. The van der Waals surface area contributed by atoms with E-state index in [2.05, 4.69) is 53.6 Å². The first-order chi connectivity index (χ1) is 10.7. The highest BCUT2D eigenvalue weighted by Gasteiger charge is 2.22. The molecule has 1 aliphatic heterocycles. The molecule has 1 fully saturated rings. The molecule has 122 valence electrons. The van der Waals surface area contributed by atoms with Crippen molar-refractivity contribution in [1.29, 1.82) is 0 Å². The van der Waals surface area contributed by atoms with Crippen LogP contribution in [0.15, 0.2) is 30.3 Å². The minimum atomic E-state index is 0.532. The van der Waals surface area contributed by atoms with Crippen LogP contribution in [0.1, 0.15) is 38.7 Å². The summed E-state index contributed by atoms with van der Waals surface area (Å²) in [6.45, 7) is 7.65. The van der Waals surface area contributed by atoms with Gasteiger partial charge in [-0.1, -0.05) is 36.8 Å². The molecule has 2 N–H and O–H groups in total. The fourth-order valence-electron chi connectivity index (χ4n) is 3.16. The molecule has 3 nitrogen and oxygen atoms in total. The summed E-state index contributed by atoms with van der Waals surface area (Å²) in [5.74, 6) is 0. The van der Waals surface area contributed by atoms with E-state index in [0.717, 1.165) is 24.6 Å². The number of nitrogens with zero attached hydrogens (tertiary/aromatic N) is 1. The Morgan fingerprint density at radius 3 is 2.77 bits per heavy atom. The maximum absolute atomic E-state index is 5.38. The van der Waals surface area contributed by atoms with Crippen molar-refractivity contribution in [3.63, 3.8) is 0 Å². The molecule has 0 saturated carbocycles. The van der Waals surface area contributed by atoms with Crippen LogP contribution < -0.4 is 10.6 Å². The predicted molar refractivity (Wildman–Crippen MR) is 98.2 cm³/mol. The Kier molecular flexibility index (Phi) is 7.13. The average Bonchev–Trinajstić information content (AvgIpc) is 2.54. The quantitative estimate of drug-likeness (QED) is 0.788. The fourth-order valence-corrected chi connectivity index (χ4v) is 3.35. The van der Waals surface area contributed by atoms with Crippen LogP contribution in [0.4, 0.5) is 0 Å². The van der Waals surface area contributed by atoms with E-state index in [1.807, 2.05) is 6.07 Å². The SMILES string of the molecule is C[C@H](CNC(=S)NCCc1ccccc1)N1CCCC[C@@H]1C. The molecule has 22 heavy (non-hydrogen) atoms. The van der Waals surface area contributed by atoms with Crippen molar-refractivity contribution < 1.29 is 0 Å². The molecule has 0 amide bonds. The van der Waals surface area contributed by atoms with Gasteiger partial charge < -0.3 is 10.6 Å². The number of thiocarbonyl (C=S) groups is 1. The zero-order valence-corrected chi connectivity index (χ0v) is 14.7. The molecule has 2 rings (SSSR count). The van der Waals surface area contributed by atoms with Crippen LogP contribution in [-0.4, -0.2) is 41.7 Å². The van der Waals surface area contributed by atoms with Gasteiger partial charge in [0.25, 0.3) is 0 Å². The third kappa shape index (κ3) is 5.58. The van der Waals surface area contributed by atoms with Crippen molar-refractivity contribution in [2.75, 3.05) is 19.6 Å². The Balaban J connectivity index is 1.62. The molecule has 1 aliphatic rings. The van der Waals surface area contributed by atoms with Gasteiger partial charge in [0, 0.05) is 25.2 Å². The largest absolute Gasteiger partial charge is 0.362 e. The van der Waals surface area contributed by atoms with Gasteiger partial charge in [-0.3, -0.25) is 4.90 Å². The van der Waals surface area contributed by atoms with Crippen molar-refractivity contribution in [1.82, 2.24) is 15.5 Å². The first-order valence-electron chi connectivity index (χ1n) is 8.48. The molecule has 0 spiro atoms. The molecule has 1 saturated heterocycles. The average molecular weight is 320 g/mol. The Hall–Kier alpha value is -1.13. The zero-order valence-electron chi connectivity index (χ0n) is 13.8. The lowest BCUT2D eigenvalue weighted by atomic mass is 10.0. The first kappa shape index (κ1) is 17.2. The molecular weight excluding hydrogens is 290 g/mol. The van der Waals surface area contributed by atoms with E-state index in [1.54, 1.807) is 0 Å². The maximum Gasteiger partial charge on any atom is 0.166 e. The highest BCUT2D eigenvalue weighted by molar-refractivity contribution is 7.80. The van der Waals surface area contributed by atoms with Gasteiger partial charge in [-0.2, -0.15) is 0 Å². The normalized spacial score (nSPS) is 20.4. The summed E-state index contributed by atoms with van der Waals surface area (Å²) in [4.78, 5) is 2.60. The lowest BCUT2D eigenvalue weighted by molar-refractivity contribution is 0.116. The van der Waals surface area contributed by atoms with E-state index >= 15 is 0 Å². The van der Waals surface area contributed by atoms with E-state index in [-0.39, 0.29) is 0 Å². The molecule has 0 aliphatic carbocycles. The molecule has 4 heteroatoms. The third-order valence-corrected chi connectivity index (χ3v) is 4.81. The van der Waals surface area contributed by atoms with Gasteiger partial charge in [0.05, 0.1) is 0 Å². The van der Waals surface area contributed by atoms with Crippen molar-refractivity contribution in [2.24, 2.45) is 0 Å². The number of rotatable bonds is 6. The van der Waals surface area contributed by atoms with Gasteiger partial charge in [0.1, 0.15) is 0 Å². The third-order valence-electron chi connectivity index (χ3n) is 4.52. The summed E-state index contributed by atoms with van der Waals surface area (Å²) in [6.07, 6.45) is 5.03. The number of hydrogen-bond acceptors (Lipinski definition) is 2. The first-order valence-corrected chi connectivity index (χ1v) is 8.89. The number of benzene rings is 1. The number of likely N-dealkylation sites (tertiary alicyclic amines) is 1. The second kappa shape index (κ2) is 9.11. The summed E-state index contributed by atoms with van der Waals surface area (Å²) in [7, 11) is 0. The molecular formula is C18H29N3S. The molecule has 2 atom stereocenters. The summed E-state index contributed by atoms with van der Waals surface area (Å²) in [6, 6.07) is 11.7. The number of hydrogen-bond donors (Lipinski definition) is 2. The number of nitrogens with one attached hydrogen (secondary N) is 2. The van der Waals surface area contributed by atoms with Gasteiger partial charge in [-0.25, -0.2) is 0 Å². The minimum absolute atomic E-state index is 0.532. The van der Waals surface area contributed by atoms with Crippen molar-refractivity contribution in [2.45, 2.75) is 51.6 Å². The van der Waals surface area contributed by atoms with E-state index in [0.29, 0.717) is 12.1 Å². The van der Waals surface area contributed by atoms with Gasteiger partial charge in [-0.15, -0.1) is 0 Å². The standard InChI is InChI=1S/C18H29N3S/c1-15-8-6-7-13-21(15)16(2)14-20-18(22)19-12-11-17-9-4-3-5-10-17/h3-5,9-10,15-16H,6-8,11-14H2,1-2H3,(H2,19,20,22)/t15-,16+/m0/s1. The molecule has 0 aromatic heterocycles. The zero-order chi connectivity index (χ0) is 15.8. The van der Waals surface area contributed by atoms with Crippen LogP contribution in [-0.2, 0) is 6.42 Å². The van der Waals surface area contributed by atoms with Crippen LogP contribution in [0, 0.1) is 0 Å². The fraction of sp³-hybridized carbons (Fsp3) is 0.611. The highest BCUT2D eigenvalue weighted by Crippen LogP contribution is 2.18. The monoisotopic (exact) mass is 319 g/mol. The molecule has 0 radical (unpaired) electrons. The summed E-state index contributed by atoms with van der Waals surface area (Å²) >= 11 is 5.38. The summed E-state index contributed by atoms with van der Waals surface area (Å²) in [5.41, 5.74) is 1.34. The van der Waals surface area contributed by atoms with Crippen molar-refractivity contribution in [3.8, 4) is 0 Å². The van der Waals surface area contributed by atoms with E-state index in [9.17, 15) is 0 Å². The van der Waals surface area contributed by atoms with Gasteiger partial charge >= 0.3 is 0 Å². The lowest BCUT2D eigenvalue weighted by Crippen LogP contribution is -2.49. The highest BCUT2D eigenvalue weighted by atomic mass is 32.1. The van der Waals surface area contributed by atoms with E-state index in [4.69, 9.17) is 12.2 Å². The van der Waals surface area contributed by atoms with Crippen LogP contribution in [0.2, 0.25) is 0 Å². The van der Waals surface area contributed by atoms with Gasteiger partial charge in [-0.05, 0) is 57.4 Å². The Morgan fingerprint density at radius 1 is 1.27 bits per heavy atom. The van der Waals surface area contributed by atoms with Crippen LogP contribution in [0.25, 0.3) is 0 Å². The lowest BCUT2D eigenvalue weighted by Gasteiger charge is -2.38. The molecule has 1 aromatic rings. The minimum Gasteiger partial charge on any atom is -0.362 e. The second-order valence-corrected chi connectivity index (χ2v) is 6.71. The van der Waals surface area contributed by atoms with Crippen molar-refractivity contribution in [3.05, 3.63) is 35.9 Å². The van der Waals surface area contributed by atoms with Gasteiger partial charge in [0.15, 0.2) is 5.11 Å². The predicted octanol–water partition coefficient (Wildman–Crippen LogP) is 2.96. The van der Waals surface area contributed by atoms with Gasteiger partial charge in [0.2, 0.25) is 0 Å². The van der Waals surface area contributed by atoms with Crippen LogP contribution in [0.5, 0.6) is 0 Å². The Morgan fingerprint density at radius 2 is 2.05 bits per heavy atom. The molecule has 1 aromatic carbocycles. The van der Waals surface area contributed by atoms with E-state index in [1.165, 1.54) is 31.4 Å². The molecule has 0 bridgehead atoms.